The van der Waals surface area contributed by atoms with Gasteiger partial charge in [-0.05, 0) is 36.4 Å². The van der Waals surface area contributed by atoms with Crippen LogP contribution in [0.25, 0.3) is 0 Å². The Kier molecular flexibility index (Phi) is 6.03. The Morgan fingerprint density at radius 1 is 0.867 bits per heavy atom. The number of hydrogen-bond acceptors (Lipinski definition) is 6. The number of alkyl halides is 3. The van der Waals surface area contributed by atoms with Gasteiger partial charge >= 0.3 is 5.51 Å². The second kappa shape index (κ2) is 8.08. The van der Waals surface area contributed by atoms with Gasteiger partial charge in [-0.25, -0.2) is 16.8 Å². The van der Waals surface area contributed by atoms with Gasteiger partial charge in [0.25, 0.3) is 9.84 Å². The Balaban J connectivity index is 1.81. The average molecular weight is 464 g/mol. The van der Waals surface area contributed by atoms with Crippen molar-refractivity contribution >= 4 is 25.5 Å². The molecule has 0 spiro atoms. The number of rotatable bonds is 5. The monoisotopic (exact) mass is 464 g/mol. The molecule has 164 valence electrons. The van der Waals surface area contributed by atoms with E-state index in [1.807, 2.05) is 0 Å². The van der Waals surface area contributed by atoms with Gasteiger partial charge in [-0.3, -0.25) is 0 Å². The van der Waals surface area contributed by atoms with E-state index in [0.29, 0.717) is 5.75 Å². The second-order valence-corrected chi connectivity index (χ2v) is 10.3. The first-order valence-electron chi connectivity index (χ1n) is 8.78. The first-order valence-corrected chi connectivity index (χ1v) is 11.7. The highest BCUT2D eigenvalue weighted by Gasteiger charge is 2.48. The zero-order valence-electron chi connectivity index (χ0n) is 15.8. The highest BCUT2D eigenvalue weighted by molar-refractivity contribution is 7.92. The maximum Gasteiger partial charge on any atom is 0.501 e. The van der Waals surface area contributed by atoms with Crippen molar-refractivity contribution in [2.24, 2.45) is 0 Å². The molecule has 12 heteroatoms. The molecule has 1 fully saturated rings. The number of methoxy groups -OCH3 is 1. The van der Waals surface area contributed by atoms with E-state index in [9.17, 15) is 30.0 Å². The minimum absolute atomic E-state index is 0.00520. The SMILES string of the molecule is COc1ccc(S(=O)(=O)N2CCN(c3ccccc3S(=O)(=O)C(F)(F)F)CC2)cc1. The number of halogens is 3. The smallest absolute Gasteiger partial charge is 0.497 e. The van der Waals surface area contributed by atoms with E-state index in [4.69, 9.17) is 4.74 Å². The number of hydrogen-bond donors (Lipinski definition) is 0. The van der Waals surface area contributed by atoms with Crippen molar-refractivity contribution in [2.75, 3.05) is 38.2 Å². The summed E-state index contributed by atoms with van der Waals surface area (Å²) in [7, 11) is -7.88. The molecule has 0 N–H and O–H groups in total. The van der Waals surface area contributed by atoms with Gasteiger partial charge in [0, 0.05) is 26.2 Å². The standard InChI is InChI=1S/C18H19F3N2O5S2/c1-28-14-6-8-15(9-7-14)30(26,27)23-12-10-22(11-13-23)16-4-2-3-5-17(16)29(24,25)18(19,20)21/h2-9H,10-13H2,1H3. The molecular weight excluding hydrogens is 445 g/mol. The van der Waals surface area contributed by atoms with Crippen LogP contribution in [0.15, 0.2) is 58.3 Å². The zero-order chi connectivity index (χ0) is 22.2. The first-order chi connectivity index (χ1) is 14.0. The molecule has 0 aliphatic carbocycles. The van der Waals surface area contributed by atoms with Gasteiger partial charge in [0.2, 0.25) is 10.0 Å². The van der Waals surface area contributed by atoms with Crippen LogP contribution in [0.1, 0.15) is 0 Å². The van der Waals surface area contributed by atoms with Crippen LogP contribution in [0.3, 0.4) is 0 Å². The van der Waals surface area contributed by atoms with Crippen LogP contribution in [0.2, 0.25) is 0 Å². The molecule has 1 saturated heterocycles. The van der Waals surface area contributed by atoms with Crippen molar-refractivity contribution in [3.05, 3.63) is 48.5 Å². The number of sulfone groups is 1. The molecule has 3 rings (SSSR count). The van der Waals surface area contributed by atoms with Crippen LogP contribution in [-0.2, 0) is 19.9 Å². The van der Waals surface area contributed by atoms with Crippen molar-refractivity contribution in [2.45, 2.75) is 15.3 Å². The summed E-state index contributed by atoms with van der Waals surface area (Å²) in [5, 5.41) is 0. The van der Waals surface area contributed by atoms with Crippen molar-refractivity contribution < 1.29 is 34.7 Å². The van der Waals surface area contributed by atoms with E-state index < -0.39 is 30.3 Å². The second-order valence-electron chi connectivity index (χ2n) is 6.48. The number of piperazine rings is 1. The number of nitrogens with zero attached hydrogens (tertiary/aromatic N) is 2. The summed E-state index contributed by atoms with van der Waals surface area (Å²) in [5.41, 5.74) is -5.53. The summed E-state index contributed by atoms with van der Waals surface area (Å²) < 4.78 is 94.7. The maximum absolute atomic E-state index is 13.0. The summed E-state index contributed by atoms with van der Waals surface area (Å²) in [6.45, 7) is 0.0725. The van der Waals surface area contributed by atoms with Crippen LogP contribution < -0.4 is 9.64 Å². The molecule has 30 heavy (non-hydrogen) atoms. The molecule has 1 heterocycles. The third kappa shape index (κ3) is 4.12. The number of benzene rings is 2. The zero-order valence-corrected chi connectivity index (χ0v) is 17.5. The van der Waals surface area contributed by atoms with Crippen LogP contribution >= 0.6 is 0 Å². The van der Waals surface area contributed by atoms with Crippen LogP contribution in [0, 0.1) is 0 Å². The van der Waals surface area contributed by atoms with Gasteiger partial charge in [0.05, 0.1) is 22.6 Å². The summed E-state index contributed by atoms with van der Waals surface area (Å²) in [4.78, 5) is 0.666. The Hall–Kier alpha value is -2.31. The van der Waals surface area contributed by atoms with Gasteiger partial charge in [0.1, 0.15) is 5.75 Å². The van der Waals surface area contributed by atoms with Gasteiger partial charge in [-0.2, -0.15) is 17.5 Å². The lowest BCUT2D eigenvalue weighted by Gasteiger charge is -2.36. The van der Waals surface area contributed by atoms with Gasteiger partial charge in [-0.1, -0.05) is 12.1 Å². The number of para-hydroxylation sites is 1. The molecule has 2 aromatic carbocycles. The summed E-state index contributed by atoms with van der Waals surface area (Å²) in [5.74, 6) is 0.501. The topological polar surface area (TPSA) is 84.0 Å². The number of sulfonamides is 1. The quantitative estimate of drug-likeness (QED) is 0.676. The molecule has 0 unspecified atom stereocenters. The van der Waals surface area contributed by atoms with Crippen molar-refractivity contribution in [1.29, 1.82) is 0 Å². The summed E-state index contributed by atoms with van der Waals surface area (Å²) in [6, 6.07) is 10.7. The van der Waals surface area contributed by atoms with Gasteiger partial charge in [0.15, 0.2) is 0 Å². The lowest BCUT2D eigenvalue weighted by atomic mass is 10.2. The fourth-order valence-electron chi connectivity index (χ4n) is 3.14. The van der Waals surface area contributed by atoms with E-state index >= 15 is 0 Å². The molecule has 1 aliphatic heterocycles. The fraction of sp³-hybridized carbons (Fsp3) is 0.333. The molecular formula is C18H19F3N2O5S2. The molecule has 2 aromatic rings. The van der Waals surface area contributed by atoms with Gasteiger partial charge < -0.3 is 9.64 Å². The Morgan fingerprint density at radius 2 is 1.43 bits per heavy atom. The third-order valence-electron chi connectivity index (χ3n) is 4.74. The lowest BCUT2D eigenvalue weighted by molar-refractivity contribution is -0.0435. The predicted molar refractivity (Wildman–Crippen MR) is 104 cm³/mol. The third-order valence-corrected chi connectivity index (χ3v) is 8.18. The largest absolute Gasteiger partial charge is 0.501 e. The highest BCUT2D eigenvalue weighted by atomic mass is 32.2. The first kappa shape index (κ1) is 22.4. The molecule has 0 amide bonds. The van der Waals surface area contributed by atoms with E-state index in [0.717, 1.165) is 6.07 Å². The Morgan fingerprint density at radius 3 is 1.97 bits per heavy atom. The molecule has 0 bridgehead atoms. The number of anilines is 1. The van der Waals surface area contributed by atoms with E-state index in [-0.39, 0.29) is 36.8 Å². The molecule has 0 aromatic heterocycles. The minimum atomic E-state index is -5.53. The minimum Gasteiger partial charge on any atom is -0.497 e. The molecule has 0 radical (unpaired) electrons. The van der Waals surface area contributed by atoms with Crippen LogP contribution in [0.4, 0.5) is 18.9 Å². The van der Waals surface area contributed by atoms with Crippen LogP contribution in [0.5, 0.6) is 5.75 Å². The predicted octanol–water partition coefficient (Wildman–Crippen LogP) is 2.50. The molecule has 7 nitrogen and oxygen atoms in total. The summed E-state index contributed by atoms with van der Waals surface area (Å²) in [6.07, 6.45) is 0. The highest BCUT2D eigenvalue weighted by Crippen LogP contribution is 2.36. The van der Waals surface area contributed by atoms with E-state index in [1.165, 1.54) is 58.8 Å². The van der Waals surface area contributed by atoms with Crippen LogP contribution in [-0.4, -0.2) is 59.9 Å². The molecule has 0 atom stereocenters. The van der Waals surface area contributed by atoms with Crippen molar-refractivity contribution in [3.8, 4) is 5.75 Å². The molecule has 0 saturated carbocycles. The molecule has 1 aliphatic rings. The fourth-order valence-corrected chi connectivity index (χ4v) is 5.54. The normalized spacial score (nSPS) is 16.5. The summed E-state index contributed by atoms with van der Waals surface area (Å²) >= 11 is 0. The lowest BCUT2D eigenvalue weighted by Crippen LogP contribution is -2.49. The van der Waals surface area contributed by atoms with Crippen molar-refractivity contribution in [3.63, 3.8) is 0 Å². The number of ether oxygens (including phenoxy) is 1. The van der Waals surface area contributed by atoms with E-state index in [1.54, 1.807) is 0 Å². The Bertz CT molecular complexity index is 1110. The van der Waals surface area contributed by atoms with E-state index in [2.05, 4.69) is 0 Å². The maximum atomic E-state index is 13.0. The average Bonchev–Trinajstić information content (AvgIpc) is 2.73. The van der Waals surface area contributed by atoms with Gasteiger partial charge in [-0.15, -0.1) is 0 Å². The van der Waals surface area contributed by atoms with Crippen molar-refractivity contribution in [1.82, 2.24) is 4.31 Å². The Labute approximate surface area is 172 Å².